The van der Waals surface area contributed by atoms with E-state index in [1.807, 2.05) is 54.6 Å². The fourth-order valence-electron chi connectivity index (χ4n) is 2.34. The molecule has 0 saturated carbocycles. The molecule has 1 N–H and O–H groups in total. The van der Waals surface area contributed by atoms with Crippen LogP contribution in [0.5, 0.6) is 17.2 Å². The summed E-state index contributed by atoms with van der Waals surface area (Å²) < 4.78 is 10.9. The summed E-state index contributed by atoms with van der Waals surface area (Å²) in [5.74, 6) is 2.03. The van der Waals surface area contributed by atoms with Gasteiger partial charge in [0.05, 0.1) is 7.11 Å². The smallest absolute Gasteiger partial charge is 0.248 e. The Bertz CT molecular complexity index is 887. The quantitative estimate of drug-likeness (QED) is 0.629. The van der Waals surface area contributed by atoms with Crippen LogP contribution in [0, 0.1) is 0 Å². The first-order chi connectivity index (χ1) is 12.7. The van der Waals surface area contributed by atoms with E-state index < -0.39 is 0 Å². The lowest BCUT2D eigenvalue weighted by Gasteiger charge is -2.06. The number of carbonyl (C=O) groups excluding carboxylic acids is 1. The lowest BCUT2D eigenvalue weighted by molar-refractivity contribution is -0.111. The fourth-order valence-corrected chi connectivity index (χ4v) is 2.34. The fraction of sp³-hybridized carbons (Fsp3) is 0.0455. The molecule has 0 aliphatic carbocycles. The Hall–Kier alpha value is -3.53. The molecule has 1 amide bonds. The molecule has 0 aromatic heterocycles. The topological polar surface area (TPSA) is 47.6 Å². The van der Waals surface area contributed by atoms with Gasteiger partial charge < -0.3 is 14.8 Å². The van der Waals surface area contributed by atoms with Gasteiger partial charge in [-0.2, -0.15) is 0 Å². The molecule has 0 fully saturated rings. The number of amides is 1. The van der Waals surface area contributed by atoms with Gasteiger partial charge in [-0.1, -0.05) is 30.3 Å². The van der Waals surface area contributed by atoms with Crippen molar-refractivity contribution in [3.05, 3.63) is 90.5 Å². The third kappa shape index (κ3) is 4.98. The molecule has 0 heterocycles. The number of hydrogen-bond acceptors (Lipinski definition) is 3. The van der Waals surface area contributed by atoms with Gasteiger partial charge in [-0.15, -0.1) is 0 Å². The second-order valence-corrected chi connectivity index (χ2v) is 5.54. The van der Waals surface area contributed by atoms with Crippen molar-refractivity contribution in [1.82, 2.24) is 0 Å². The van der Waals surface area contributed by atoms with E-state index in [1.165, 1.54) is 6.08 Å². The SMILES string of the molecule is COc1ccc(NC(=O)C=Cc2cccc(Oc3ccccc3)c2)cc1. The standard InChI is InChI=1S/C22H19NO3/c1-25-19-13-11-18(12-14-19)23-22(24)15-10-17-6-5-9-21(16-17)26-20-7-3-2-4-8-20/h2-16H,1H3,(H,23,24). The largest absolute Gasteiger partial charge is 0.497 e. The van der Waals surface area contributed by atoms with E-state index in [1.54, 1.807) is 37.5 Å². The molecule has 0 radical (unpaired) electrons. The molecule has 0 aliphatic rings. The molecule has 4 heteroatoms. The van der Waals surface area contributed by atoms with Crippen LogP contribution < -0.4 is 14.8 Å². The molecular formula is C22H19NO3. The van der Waals surface area contributed by atoms with Crippen LogP contribution in [0.4, 0.5) is 5.69 Å². The molecular weight excluding hydrogens is 326 g/mol. The van der Waals surface area contributed by atoms with Crippen molar-refractivity contribution in [2.75, 3.05) is 12.4 Å². The van der Waals surface area contributed by atoms with Crippen molar-refractivity contribution >= 4 is 17.7 Å². The van der Waals surface area contributed by atoms with E-state index in [2.05, 4.69) is 5.32 Å². The van der Waals surface area contributed by atoms with E-state index >= 15 is 0 Å². The Kier molecular flexibility index (Phi) is 5.68. The molecule has 4 nitrogen and oxygen atoms in total. The van der Waals surface area contributed by atoms with Crippen LogP contribution in [-0.2, 0) is 4.79 Å². The monoisotopic (exact) mass is 345 g/mol. The maximum Gasteiger partial charge on any atom is 0.248 e. The van der Waals surface area contributed by atoms with E-state index in [-0.39, 0.29) is 5.91 Å². The summed E-state index contributed by atoms with van der Waals surface area (Å²) in [4.78, 5) is 12.1. The summed E-state index contributed by atoms with van der Waals surface area (Å²) >= 11 is 0. The first-order valence-corrected chi connectivity index (χ1v) is 8.19. The molecule has 0 spiro atoms. The Balaban J connectivity index is 1.62. The van der Waals surface area contributed by atoms with E-state index in [0.717, 1.165) is 17.1 Å². The maximum absolute atomic E-state index is 12.1. The van der Waals surface area contributed by atoms with Crippen molar-refractivity contribution in [2.24, 2.45) is 0 Å². The molecule has 0 saturated heterocycles. The Morgan fingerprint density at radius 3 is 2.31 bits per heavy atom. The van der Waals surface area contributed by atoms with Gasteiger partial charge >= 0.3 is 0 Å². The number of ether oxygens (including phenoxy) is 2. The summed E-state index contributed by atoms with van der Waals surface area (Å²) in [6.07, 6.45) is 3.24. The minimum absolute atomic E-state index is 0.204. The molecule has 0 atom stereocenters. The lowest BCUT2D eigenvalue weighted by Crippen LogP contribution is -2.07. The lowest BCUT2D eigenvalue weighted by atomic mass is 10.2. The minimum atomic E-state index is -0.204. The number of anilines is 1. The number of hydrogen-bond donors (Lipinski definition) is 1. The van der Waals surface area contributed by atoms with Gasteiger partial charge in [0.15, 0.2) is 0 Å². The van der Waals surface area contributed by atoms with Crippen LogP contribution in [0.1, 0.15) is 5.56 Å². The van der Waals surface area contributed by atoms with Gasteiger partial charge in [-0.05, 0) is 60.2 Å². The van der Waals surface area contributed by atoms with Gasteiger partial charge in [0.1, 0.15) is 17.2 Å². The highest BCUT2D eigenvalue weighted by atomic mass is 16.5. The van der Waals surface area contributed by atoms with Crippen LogP contribution in [0.25, 0.3) is 6.08 Å². The molecule has 3 aromatic rings. The zero-order valence-corrected chi connectivity index (χ0v) is 14.4. The predicted molar refractivity (Wildman–Crippen MR) is 104 cm³/mol. The zero-order valence-electron chi connectivity index (χ0n) is 14.4. The first-order valence-electron chi connectivity index (χ1n) is 8.19. The van der Waals surface area contributed by atoms with Crippen molar-refractivity contribution in [1.29, 1.82) is 0 Å². The highest BCUT2D eigenvalue weighted by Gasteiger charge is 2.00. The van der Waals surface area contributed by atoms with Crippen LogP contribution in [0.3, 0.4) is 0 Å². The first kappa shape index (κ1) is 17.3. The molecule has 0 aliphatic heterocycles. The summed E-state index contributed by atoms with van der Waals surface area (Å²) in [7, 11) is 1.60. The van der Waals surface area contributed by atoms with Crippen molar-refractivity contribution in [3.8, 4) is 17.2 Å². The van der Waals surface area contributed by atoms with Gasteiger partial charge in [-0.3, -0.25) is 4.79 Å². The van der Waals surface area contributed by atoms with Crippen LogP contribution in [0.15, 0.2) is 84.9 Å². The van der Waals surface area contributed by atoms with Gasteiger partial charge in [0, 0.05) is 11.8 Å². The highest BCUT2D eigenvalue weighted by Crippen LogP contribution is 2.22. The average Bonchev–Trinajstić information content (AvgIpc) is 2.68. The second-order valence-electron chi connectivity index (χ2n) is 5.54. The van der Waals surface area contributed by atoms with E-state index in [0.29, 0.717) is 11.4 Å². The minimum Gasteiger partial charge on any atom is -0.497 e. The molecule has 0 unspecified atom stereocenters. The van der Waals surface area contributed by atoms with Crippen LogP contribution >= 0.6 is 0 Å². The van der Waals surface area contributed by atoms with Gasteiger partial charge in [0.25, 0.3) is 0 Å². The van der Waals surface area contributed by atoms with Crippen molar-refractivity contribution < 1.29 is 14.3 Å². The summed E-state index contributed by atoms with van der Waals surface area (Å²) in [6, 6.07) is 24.3. The predicted octanol–water partition coefficient (Wildman–Crippen LogP) is 5.14. The molecule has 3 aromatic carbocycles. The highest BCUT2D eigenvalue weighted by molar-refractivity contribution is 6.01. The van der Waals surface area contributed by atoms with Crippen molar-refractivity contribution in [2.45, 2.75) is 0 Å². The maximum atomic E-state index is 12.1. The second kappa shape index (κ2) is 8.53. The average molecular weight is 345 g/mol. The summed E-state index contributed by atoms with van der Waals surface area (Å²) in [5, 5.41) is 2.81. The third-order valence-corrected chi connectivity index (χ3v) is 3.62. The zero-order chi connectivity index (χ0) is 18.2. The number of methoxy groups -OCH3 is 1. The van der Waals surface area contributed by atoms with E-state index in [4.69, 9.17) is 9.47 Å². The molecule has 130 valence electrons. The number of rotatable bonds is 6. The Labute approximate surface area is 152 Å². The molecule has 3 rings (SSSR count). The normalized spacial score (nSPS) is 10.5. The Morgan fingerprint density at radius 1 is 0.846 bits per heavy atom. The number of benzene rings is 3. The number of carbonyl (C=O) groups is 1. The Morgan fingerprint density at radius 2 is 1.58 bits per heavy atom. The van der Waals surface area contributed by atoms with Gasteiger partial charge in [0.2, 0.25) is 5.91 Å². The summed E-state index contributed by atoms with van der Waals surface area (Å²) in [5.41, 5.74) is 1.59. The van der Waals surface area contributed by atoms with E-state index in [9.17, 15) is 4.79 Å². The summed E-state index contributed by atoms with van der Waals surface area (Å²) in [6.45, 7) is 0. The van der Waals surface area contributed by atoms with Crippen LogP contribution in [0.2, 0.25) is 0 Å². The number of nitrogens with one attached hydrogen (secondary N) is 1. The van der Waals surface area contributed by atoms with Crippen molar-refractivity contribution in [3.63, 3.8) is 0 Å². The number of para-hydroxylation sites is 1. The molecule has 0 bridgehead atoms. The van der Waals surface area contributed by atoms with Gasteiger partial charge in [-0.25, -0.2) is 0 Å². The molecule has 26 heavy (non-hydrogen) atoms. The van der Waals surface area contributed by atoms with Crippen LogP contribution in [-0.4, -0.2) is 13.0 Å². The third-order valence-electron chi connectivity index (χ3n) is 3.62.